The first-order valence-corrected chi connectivity index (χ1v) is 8.59. The number of nitrogens with one attached hydrogen (secondary N) is 2. The average molecular weight is 336 g/mol. The van der Waals surface area contributed by atoms with Crippen LogP contribution in [0.1, 0.15) is 46.6 Å². The number of hydrogen-bond donors (Lipinski definition) is 4. The second kappa shape index (κ2) is 8.49. The minimum absolute atomic E-state index is 0.263. The van der Waals surface area contributed by atoms with Crippen LogP contribution in [0.3, 0.4) is 0 Å². The van der Waals surface area contributed by atoms with Crippen LogP contribution in [0.4, 0.5) is 4.79 Å². The molecule has 136 valence electrons. The molecule has 1 amide bonds. The normalized spacial score (nSPS) is 16.9. The Morgan fingerprint density at radius 1 is 1.21 bits per heavy atom. The highest BCUT2D eigenvalue weighted by Crippen LogP contribution is 2.36. The van der Waals surface area contributed by atoms with Gasteiger partial charge in [0.05, 0.1) is 11.6 Å². The maximum atomic E-state index is 11.5. The summed E-state index contributed by atoms with van der Waals surface area (Å²) >= 11 is 0. The molecular formula is C19H32N2O3. The number of carbonyl (C=O) groups is 1. The lowest BCUT2D eigenvalue weighted by Gasteiger charge is -2.48. The highest BCUT2D eigenvalue weighted by Gasteiger charge is 2.49. The van der Waals surface area contributed by atoms with Crippen LogP contribution in [0.25, 0.3) is 0 Å². The summed E-state index contributed by atoms with van der Waals surface area (Å²) in [5.41, 5.74) is -0.484. The van der Waals surface area contributed by atoms with Crippen LogP contribution in [0.2, 0.25) is 0 Å². The van der Waals surface area contributed by atoms with Crippen molar-refractivity contribution in [2.75, 3.05) is 6.54 Å². The topological polar surface area (TPSA) is 81.6 Å². The molecule has 0 aliphatic rings. The standard InChI is InChI=1S/C19H32N2O3/c1-6-14(2)20-13-16(22)19(18(3,4)5,21-17(23)24)12-15-10-8-7-9-11-15/h7-11,14,16,20-22H,6,12-13H2,1-5H3,(H,23,24)/t14?,16-,19-/m1/s1. The Hall–Kier alpha value is -1.59. The molecule has 1 aromatic rings. The fraction of sp³-hybridized carbons (Fsp3) is 0.632. The Balaban J connectivity index is 3.17. The SMILES string of the molecule is CCC(C)NC[C@@H](O)[C@@](Cc1ccccc1)(NC(=O)O)C(C)(C)C. The van der Waals surface area contributed by atoms with Crippen molar-refractivity contribution in [3.8, 4) is 0 Å². The van der Waals surface area contributed by atoms with Crippen LogP contribution >= 0.6 is 0 Å². The van der Waals surface area contributed by atoms with E-state index in [1.807, 2.05) is 58.0 Å². The van der Waals surface area contributed by atoms with Crippen molar-refractivity contribution in [1.29, 1.82) is 0 Å². The highest BCUT2D eigenvalue weighted by molar-refractivity contribution is 5.66. The number of amides is 1. The van der Waals surface area contributed by atoms with Crippen molar-refractivity contribution >= 4 is 6.09 Å². The lowest BCUT2D eigenvalue weighted by molar-refractivity contribution is -0.00979. The van der Waals surface area contributed by atoms with Crippen LogP contribution in [-0.2, 0) is 6.42 Å². The van der Waals surface area contributed by atoms with Gasteiger partial charge in [-0.3, -0.25) is 0 Å². The zero-order valence-corrected chi connectivity index (χ0v) is 15.5. The smallest absolute Gasteiger partial charge is 0.405 e. The molecule has 0 aromatic heterocycles. The number of hydrogen-bond acceptors (Lipinski definition) is 3. The number of carboxylic acid groups (broad SMARTS) is 1. The van der Waals surface area contributed by atoms with Crippen molar-refractivity contribution < 1.29 is 15.0 Å². The van der Waals surface area contributed by atoms with Gasteiger partial charge in [0.2, 0.25) is 0 Å². The molecule has 24 heavy (non-hydrogen) atoms. The van der Waals surface area contributed by atoms with Gasteiger partial charge in [0, 0.05) is 12.6 Å². The molecule has 1 unspecified atom stereocenters. The molecule has 4 N–H and O–H groups in total. The summed E-state index contributed by atoms with van der Waals surface area (Å²) in [7, 11) is 0. The fourth-order valence-corrected chi connectivity index (χ4v) is 2.94. The molecule has 3 atom stereocenters. The summed E-state index contributed by atoms with van der Waals surface area (Å²) in [5.74, 6) is 0. The number of rotatable bonds is 8. The first-order valence-electron chi connectivity index (χ1n) is 8.59. The second-order valence-electron chi connectivity index (χ2n) is 7.55. The maximum Gasteiger partial charge on any atom is 0.405 e. The molecule has 0 fully saturated rings. The van der Waals surface area contributed by atoms with Crippen molar-refractivity contribution in [2.45, 2.75) is 65.1 Å². The van der Waals surface area contributed by atoms with Gasteiger partial charge in [-0.2, -0.15) is 0 Å². The molecule has 5 heteroatoms. The zero-order valence-electron chi connectivity index (χ0n) is 15.5. The largest absolute Gasteiger partial charge is 0.465 e. The minimum Gasteiger partial charge on any atom is -0.465 e. The van der Waals surface area contributed by atoms with E-state index in [2.05, 4.69) is 17.6 Å². The Kier molecular flexibility index (Phi) is 7.24. The van der Waals surface area contributed by atoms with Crippen LogP contribution in [-0.4, -0.2) is 40.5 Å². The van der Waals surface area contributed by atoms with Crippen LogP contribution in [0, 0.1) is 5.41 Å². The van der Waals surface area contributed by atoms with E-state index in [-0.39, 0.29) is 6.04 Å². The molecule has 0 saturated carbocycles. The van der Waals surface area contributed by atoms with Gasteiger partial charge in [-0.05, 0) is 30.7 Å². The monoisotopic (exact) mass is 336 g/mol. The summed E-state index contributed by atoms with van der Waals surface area (Å²) in [4.78, 5) is 11.5. The maximum absolute atomic E-state index is 11.5. The third kappa shape index (κ3) is 5.21. The molecule has 1 aromatic carbocycles. The summed E-state index contributed by atoms with van der Waals surface area (Å²) in [6.45, 7) is 10.3. The molecule has 0 bridgehead atoms. The second-order valence-corrected chi connectivity index (χ2v) is 7.55. The predicted octanol–water partition coefficient (Wildman–Crippen LogP) is 3.03. The van der Waals surface area contributed by atoms with Crippen molar-refractivity contribution in [2.24, 2.45) is 5.41 Å². The highest BCUT2D eigenvalue weighted by atomic mass is 16.4. The fourth-order valence-electron chi connectivity index (χ4n) is 2.94. The zero-order chi connectivity index (χ0) is 18.4. The number of aliphatic hydroxyl groups excluding tert-OH is 1. The first-order chi connectivity index (χ1) is 11.1. The van der Waals surface area contributed by atoms with Gasteiger partial charge < -0.3 is 20.8 Å². The summed E-state index contributed by atoms with van der Waals surface area (Å²) < 4.78 is 0. The Morgan fingerprint density at radius 2 is 1.79 bits per heavy atom. The van der Waals surface area contributed by atoms with E-state index < -0.39 is 23.2 Å². The molecule has 0 spiro atoms. The van der Waals surface area contributed by atoms with Gasteiger partial charge in [0.25, 0.3) is 0 Å². The van der Waals surface area contributed by atoms with Crippen molar-refractivity contribution in [3.05, 3.63) is 35.9 Å². The Morgan fingerprint density at radius 3 is 2.25 bits per heavy atom. The molecular weight excluding hydrogens is 304 g/mol. The van der Waals surface area contributed by atoms with E-state index in [0.717, 1.165) is 12.0 Å². The third-order valence-corrected chi connectivity index (χ3v) is 4.84. The quantitative estimate of drug-likeness (QED) is 0.588. The van der Waals surface area contributed by atoms with Gasteiger partial charge >= 0.3 is 6.09 Å². The van der Waals surface area contributed by atoms with Gasteiger partial charge in [-0.15, -0.1) is 0 Å². The Bertz CT molecular complexity index is 513. The summed E-state index contributed by atoms with van der Waals surface area (Å²) in [6, 6.07) is 9.95. The first kappa shape index (κ1) is 20.5. The van der Waals surface area contributed by atoms with Gasteiger partial charge in [-0.25, -0.2) is 4.79 Å². The van der Waals surface area contributed by atoms with E-state index >= 15 is 0 Å². The van der Waals surface area contributed by atoms with E-state index in [9.17, 15) is 15.0 Å². The minimum atomic E-state index is -1.12. The molecule has 1 rings (SSSR count). The van der Waals surface area contributed by atoms with Crippen LogP contribution in [0.5, 0.6) is 0 Å². The van der Waals surface area contributed by atoms with Crippen molar-refractivity contribution in [3.63, 3.8) is 0 Å². The molecule has 5 nitrogen and oxygen atoms in total. The van der Waals surface area contributed by atoms with E-state index in [0.29, 0.717) is 13.0 Å². The summed E-state index contributed by atoms with van der Waals surface area (Å²) in [6.07, 6.45) is -0.612. The lowest BCUT2D eigenvalue weighted by Crippen LogP contribution is -2.67. The van der Waals surface area contributed by atoms with Crippen LogP contribution < -0.4 is 10.6 Å². The van der Waals surface area contributed by atoms with Crippen LogP contribution in [0.15, 0.2) is 30.3 Å². The number of benzene rings is 1. The Labute approximate surface area is 145 Å². The molecule has 0 radical (unpaired) electrons. The molecule has 0 aliphatic carbocycles. The molecule has 0 saturated heterocycles. The van der Waals surface area contributed by atoms with Gasteiger partial charge in [-0.1, -0.05) is 58.0 Å². The van der Waals surface area contributed by atoms with E-state index in [1.54, 1.807) is 0 Å². The summed E-state index contributed by atoms with van der Waals surface area (Å²) in [5, 5.41) is 26.3. The lowest BCUT2D eigenvalue weighted by atomic mass is 9.66. The van der Waals surface area contributed by atoms with E-state index in [4.69, 9.17) is 0 Å². The van der Waals surface area contributed by atoms with Gasteiger partial charge in [0.1, 0.15) is 0 Å². The third-order valence-electron chi connectivity index (χ3n) is 4.84. The average Bonchev–Trinajstić information content (AvgIpc) is 2.50. The van der Waals surface area contributed by atoms with Gasteiger partial charge in [0.15, 0.2) is 0 Å². The van der Waals surface area contributed by atoms with E-state index in [1.165, 1.54) is 0 Å². The van der Waals surface area contributed by atoms with Crippen molar-refractivity contribution in [1.82, 2.24) is 10.6 Å². The predicted molar refractivity (Wildman–Crippen MR) is 97.3 cm³/mol. The molecule has 0 heterocycles. The molecule has 0 aliphatic heterocycles. The number of aliphatic hydroxyl groups is 1.